The summed E-state index contributed by atoms with van der Waals surface area (Å²) in [7, 11) is 4.41. The molecule has 1 heterocycles. The van der Waals surface area contributed by atoms with E-state index in [1.54, 1.807) is 0 Å². The zero-order valence-electron chi connectivity index (χ0n) is 12.6. The number of rotatable bonds is 3. The molecular weight excluding hydrogens is 266 g/mol. The molecule has 1 aromatic heterocycles. The molecule has 1 aliphatic rings. The normalized spacial score (nSPS) is 18.2. The van der Waals surface area contributed by atoms with Crippen LogP contribution in [0.25, 0.3) is 11.0 Å². The maximum Gasteiger partial charge on any atom is 0.178 e. The number of nitrogens with one attached hydrogen (secondary N) is 1. The van der Waals surface area contributed by atoms with Gasteiger partial charge in [0.1, 0.15) is 0 Å². The van der Waals surface area contributed by atoms with Crippen LogP contribution >= 0.6 is 12.2 Å². The average molecular weight is 289 g/mol. The second kappa shape index (κ2) is 5.01. The van der Waals surface area contributed by atoms with E-state index in [2.05, 4.69) is 53.7 Å². The van der Waals surface area contributed by atoms with E-state index in [-0.39, 0.29) is 5.54 Å². The molecule has 0 aliphatic heterocycles. The van der Waals surface area contributed by atoms with Crippen molar-refractivity contribution >= 4 is 23.3 Å². The van der Waals surface area contributed by atoms with Crippen LogP contribution in [0.4, 0.5) is 0 Å². The highest BCUT2D eigenvalue weighted by Gasteiger charge is 2.36. The van der Waals surface area contributed by atoms with E-state index >= 15 is 0 Å². The lowest BCUT2D eigenvalue weighted by atomic mass is 9.96. The standard InChI is InChI=1S/C16H23N3S/c1-12-6-7-13-14(10-12)19(15(20)17-13)11-16(18(2)3)8-4-5-9-16/h6-7,10H,4-5,8-9,11H2,1-3H3,(H,17,20). The van der Waals surface area contributed by atoms with Crippen LogP contribution in [0, 0.1) is 11.7 Å². The molecule has 0 radical (unpaired) electrons. The summed E-state index contributed by atoms with van der Waals surface area (Å²) in [5.41, 5.74) is 3.93. The lowest BCUT2D eigenvalue weighted by Crippen LogP contribution is -2.45. The molecule has 1 aliphatic carbocycles. The Bertz CT molecular complexity index is 675. The van der Waals surface area contributed by atoms with Gasteiger partial charge in [-0.2, -0.15) is 0 Å². The summed E-state index contributed by atoms with van der Waals surface area (Å²) in [6.45, 7) is 3.12. The molecule has 2 aromatic rings. The smallest absolute Gasteiger partial charge is 0.178 e. The van der Waals surface area contributed by atoms with Crippen LogP contribution in [-0.4, -0.2) is 34.1 Å². The third-order valence-electron chi connectivity index (χ3n) is 4.87. The third kappa shape index (κ3) is 2.21. The average Bonchev–Trinajstić information content (AvgIpc) is 2.98. The molecule has 1 fully saturated rings. The van der Waals surface area contributed by atoms with Crippen molar-refractivity contribution in [2.24, 2.45) is 0 Å². The van der Waals surface area contributed by atoms with Crippen LogP contribution in [0.5, 0.6) is 0 Å². The van der Waals surface area contributed by atoms with Gasteiger partial charge in [-0.05, 0) is 63.8 Å². The molecule has 0 bridgehead atoms. The minimum atomic E-state index is 0.261. The maximum atomic E-state index is 5.56. The molecule has 0 spiro atoms. The fraction of sp³-hybridized carbons (Fsp3) is 0.562. The van der Waals surface area contributed by atoms with Crippen molar-refractivity contribution in [1.82, 2.24) is 14.5 Å². The summed E-state index contributed by atoms with van der Waals surface area (Å²) in [5, 5.41) is 0. The summed E-state index contributed by atoms with van der Waals surface area (Å²) in [6.07, 6.45) is 5.18. The predicted octanol–water partition coefficient (Wildman–Crippen LogP) is 3.88. The van der Waals surface area contributed by atoms with Crippen molar-refractivity contribution in [2.45, 2.75) is 44.7 Å². The summed E-state index contributed by atoms with van der Waals surface area (Å²) in [6, 6.07) is 6.50. The Morgan fingerprint density at radius 1 is 1.30 bits per heavy atom. The number of likely N-dealkylation sites (N-methyl/N-ethyl adjacent to an activating group) is 1. The highest BCUT2D eigenvalue weighted by atomic mass is 32.1. The fourth-order valence-corrected chi connectivity index (χ4v) is 3.77. The molecule has 4 heteroatoms. The molecule has 1 saturated carbocycles. The number of aromatic amines is 1. The maximum absolute atomic E-state index is 5.56. The molecule has 0 unspecified atom stereocenters. The monoisotopic (exact) mass is 289 g/mol. The van der Waals surface area contributed by atoms with Crippen LogP contribution < -0.4 is 0 Å². The number of fused-ring (bicyclic) bond motifs is 1. The Morgan fingerprint density at radius 3 is 2.65 bits per heavy atom. The number of nitrogens with zero attached hydrogens (tertiary/aromatic N) is 2. The number of benzene rings is 1. The van der Waals surface area contributed by atoms with Gasteiger partial charge in [0.2, 0.25) is 0 Å². The fourth-order valence-electron chi connectivity index (χ4n) is 3.49. The molecule has 0 atom stereocenters. The van der Waals surface area contributed by atoms with Crippen LogP contribution in [0.3, 0.4) is 0 Å². The van der Waals surface area contributed by atoms with E-state index in [9.17, 15) is 0 Å². The largest absolute Gasteiger partial charge is 0.331 e. The summed E-state index contributed by atoms with van der Waals surface area (Å²) in [5.74, 6) is 0. The second-order valence-corrected chi connectivity index (χ2v) is 6.75. The lowest BCUT2D eigenvalue weighted by molar-refractivity contribution is 0.135. The van der Waals surface area contributed by atoms with Gasteiger partial charge in [-0.15, -0.1) is 0 Å². The van der Waals surface area contributed by atoms with Crippen molar-refractivity contribution in [3.05, 3.63) is 28.5 Å². The first kappa shape index (κ1) is 13.8. The van der Waals surface area contributed by atoms with E-state index < -0.39 is 0 Å². The highest BCUT2D eigenvalue weighted by molar-refractivity contribution is 7.71. The Labute approximate surface area is 125 Å². The summed E-state index contributed by atoms with van der Waals surface area (Å²) < 4.78 is 3.14. The van der Waals surface area contributed by atoms with Gasteiger partial charge in [0.05, 0.1) is 11.0 Å². The SMILES string of the molecule is Cc1ccc2[nH]c(=S)n(CC3(N(C)C)CCCC3)c2c1. The van der Waals surface area contributed by atoms with Gasteiger partial charge in [-0.25, -0.2) is 0 Å². The number of imidazole rings is 1. The number of aryl methyl sites for hydroxylation is 1. The van der Waals surface area contributed by atoms with Crippen molar-refractivity contribution in [2.75, 3.05) is 14.1 Å². The molecule has 1 aromatic carbocycles. The predicted molar refractivity (Wildman–Crippen MR) is 86.7 cm³/mol. The van der Waals surface area contributed by atoms with Gasteiger partial charge in [0.15, 0.2) is 4.77 Å². The van der Waals surface area contributed by atoms with Crippen LogP contribution in [0.15, 0.2) is 18.2 Å². The Kier molecular flexibility index (Phi) is 3.46. The number of hydrogen-bond acceptors (Lipinski definition) is 2. The van der Waals surface area contributed by atoms with E-state index in [0.29, 0.717) is 0 Å². The Hall–Kier alpha value is -1.13. The van der Waals surface area contributed by atoms with Gasteiger partial charge < -0.3 is 14.5 Å². The number of H-pyrrole nitrogens is 1. The molecule has 1 N–H and O–H groups in total. The van der Waals surface area contributed by atoms with Gasteiger partial charge >= 0.3 is 0 Å². The van der Waals surface area contributed by atoms with Gasteiger partial charge in [-0.3, -0.25) is 0 Å². The van der Waals surface area contributed by atoms with E-state index in [1.807, 2.05) is 0 Å². The zero-order valence-corrected chi connectivity index (χ0v) is 13.4. The minimum Gasteiger partial charge on any atom is -0.331 e. The zero-order chi connectivity index (χ0) is 14.3. The number of hydrogen-bond donors (Lipinski definition) is 1. The topological polar surface area (TPSA) is 24.0 Å². The molecule has 108 valence electrons. The van der Waals surface area contributed by atoms with Crippen molar-refractivity contribution in [3.63, 3.8) is 0 Å². The van der Waals surface area contributed by atoms with Crippen molar-refractivity contribution in [3.8, 4) is 0 Å². The van der Waals surface area contributed by atoms with Crippen LogP contribution in [0.1, 0.15) is 31.2 Å². The molecule has 0 amide bonds. The highest BCUT2D eigenvalue weighted by Crippen LogP contribution is 2.36. The molecule has 20 heavy (non-hydrogen) atoms. The van der Waals surface area contributed by atoms with E-state index in [1.165, 1.54) is 36.8 Å². The van der Waals surface area contributed by atoms with Gasteiger partial charge in [0, 0.05) is 12.1 Å². The second-order valence-electron chi connectivity index (χ2n) is 6.36. The Morgan fingerprint density at radius 2 is 2.00 bits per heavy atom. The first-order valence-corrected chi connectivity index (χ1v) is 7.79. The van der Waals surface area contributed by atoms with Crippen molar-refractivity contribution < 1.29 is 0 Å². The lowest BCUT2D eigenvalue weighted by Gasteiger charge is -2.36. The molecule has 3 nitrogen and oxygen atoms in total. The molecular formula is C16H23N3S. The first-order chi connectivity index (χ1) is 9.52. The van der Waals surface area contributed by atoms with E-state index in [4.69, 9.17) is 12.2 Å². The summed E-state index contributed by atoms with van der Waals surface area (Å²) in [4.78, 5) is 5.74. The minimum absolute atomic E-state index is 0.261. The van der Waals surface area contributed by atoms with Gasteiger partial charge in [-0.1, -0.05) is 18.9 Å². The summed E-state index contributed by atoms with van der Waals surface area (Å²) >= 11 is 5.56. The third-order valence-corrected chi connectivity index (χ3v) is 5.19. The Balaban J connectivity index is 2.08. The van der Waals surface area contributed by atoms with Crippen LogP contribution in [0.2, 0.25) is 0 Å². The first-order valence-electron chi connectivity index (χ1n) is 7.38. The number of aromatic nitrogens is 2. The quantitative estimate of drug-likeness (QED) is 0.867. The molecule has 0 saturated heterocycles. The van der Waals surface area contributed by atoms with Crippen LogP contribution in [-0.2, 0) is 6.54 Å². The molecule has 3 rings (SSSR count). The van der Waals surface area contributed by atoms with Crippen molar-refractivity contribution in [1.29, 1.82) is 0 Å². The van der Waals surface area contributed by atoms with E-state index in [0.717, 1.165) is 16.8 Å². The van der Waals surface area contributed by atoms with Gasteiger partial charge in [0.25, 0.3) is 0 Å².